The molecule has 0 aromatic carbocycles. The minimum Gasteiger partial charge on any atom is -0.342 e. The Kier molecular flexibility index (Phi) is 2.90. The minimum atomic E-state index is -2.74. The molecule has 2 aliphatic rings. The monoisotopic (exact) mass is 219 g/mol. The van der Waals surface area contributed by atoms with Gasteiger partial charge in [0, 0.05) is 25.4 Å². The largest absolute Gasteiger partial charge is 0.342 e. The molecule has 2 heterocycles. The van der Waals surface area contributed by atoms with Gasteiger partial charge in [0.1, 0.15) is 0 Å². The Hall–Kier alpha value is -0.580. The lowest BCUT2D eigenvalue weighted by atomic mass is 9.83. The highest BCUT2D eigenvalue weighted by molar-refractivity contribution is 7.92. The van der Waals surface area contributed by atoms with Crippen LogP contribution in [0.25, 0.3) is 0 Å². The third-order valence-corrected chi connectivity index (χ3v) is 4.65. The molecule has 2 aliphatic heterocycles. The Morgan fingerprint density at radius 2 is 1.64 bits per heavy atom. The fraction of sp³-hybridized carbons (Fsp3) is 0.889. The van der Waals surface area contributed by atoms with E-state index in [2.05, 4.69) is 0 Å². The maximum atomic E-state index is 10.9. The molecule has 1 spiro atoms. The van der Waals surface area contributed by atoms with E-state index in [1.165, 1.54) is 6.92 Å². The van der Waals surface area contributed by atoms with E-state index in [0.717, 1.165) is 0 Å². The second-order valence-electron chi connectivity index (χ2n) is 3.91. The zero-order valence-corrected chi connectivity index (χ0v) is 9.73. The van der Waals surface area contributed by atoms with E-state index in [1.54, 1.807) is 4.90 Å². The third kappa shape index (κ3) is 1.92. The Balaban J connectivity index is 0.000000461. The molecule has 82 valence electrons. The van der Waals surface area contributed by atoms with Crippen molar-refractivity contribution in [3.8, 4) is 0 Å². The summed E-state index contributed by atoms with van der Waals surface area (Å²) in [5, 5.41) is 0. The van der Waals surface area contributed by atoms with E-state index in [-0.39, 0.29) is 22.8 Å². The topological polar surface area (TPSA) is 54.5 Å². The smallest absolute Gasteiger partial charge is 0.219 e. The van der Waals surface area contributed by atoms with Crippen molar-refractivity contribution < 1.29 is 13.2 Å². The highest BCUT2D eigenvalue weighted by Crippen LogP contribution is 2.41. The van der Waals surface area contributed by atoms with Crippen molar-refractivity contribution in [2.24, 2.45) is 5.41 Å². The number of nitrogens with zero attached hydrogens (tertiary/aromatic N) is 1. The number of amides is 1. The first-order chi connectivity index (χ1) is 6.43. The van der Waals surface area contributed by atoms with Gasteiger partial charge in [-0.05, 0) is 0 Å². The summed E-state index contributed by atoms with van der Waals surface area (Å²) in [4.78, 5) is 12.5. The molecule has 0 atom stereocenters. The molecule has 2 rings (SSSR count). The number of hydrogen-bond donors (Lipinski definition) is 0. The summed E-state index contributed by atoms with van der Waals surface area (Å²) in [6.45, 7) is 6.79. The van der Waals surface area contributed by atoms with Crippen molar-refractivity contribution in [2.75, 3.05) is 24.6 Å². The number of carbonyl (C=O) groups excluding carboxylic acids is 1. The van der Waals surface area contributed by atoms with Crippen LogP contribution in [0.15, 0.2) is 0 Å². The zero-order chi connectivity index (χ0) is 11.0. The zero-order valence-electron chi connectivity index (χ0n) is 8.91. The molecule has 0 aromatic rings. The van der Waals surface area contributed by atoms with E-state index in [9.17, 15) is 13.2 Å². The Bertz CT molecular complexity index is 314. The number of rotatable bonds is 0. The summed E-state index contributed by atoms with van der Waals surface area (Å²) in [6.07, 6.45) is 0. The van der Waals surface area contributed by atoms with Gasteiger partial charge >= 0.3 is 0 Å². The molecule has 0 aromatic heterocycles. The SMILES string of the molecule is CC.CC(=O)N1CC2(C1)CS(=O)(=O)C2. The van der Waals surface area contributed by atoms with Gasteiger partial charge < -0.3 is 4.90 Å². The van der Waals surface area contributed by atoms with Gasteiger partial charge in [0.05, 0.1) is 11.5 Å². The van der Waals surface area contributed by atoms with Crippen LogP contribution in [0.2, 0.25) is 0 Å². The van der Waals surface area contributed by atoms with E-state index in [1.807, 2.05) is 13.8 Å². The van der Waals surface area contributed by atoms with Gasteiger partial charge in [0.2, 0.25) is 5.91 Å². The van der Waals surface area contributed by atoms with Gasteiger partial charge in [-0.15, -0.1) is 0 Å². The van der Waals surface area contributed by atoms with Crippen LogP contribution in [0, 0.1) is 5.41 Å². The van der Waals surface area contributed by atoms with Crippen LogP contribution in [0.1, 0.15) is 20.8 Å². The van der Waals surface area contributed by atoms with Gasteiger partial charge in [0.15, 0.2) is 9.84 Å². The van der Waals surface area contributed by atoms with Crippen LogP contribution < -0.4 is 0 Å². The second-order valence-corrected chi connectivity index (χ2v) is 5.97. The average molecular weight is 219 g/mol. The lowest BCUT2D eigenvalue weighted by Crippen LogP contribution is -2.69. The molecular weight excluding hydrogens is 202 g/mol. The molecule has 0 unspecified atom stereocenters. The third-order valence-electron chi connectivity index (χ3n) is 2.55. The van der Waals surface area contributed by atoms with Crippen molar-refractivity contribution in [3.05, 3.63) is 0 Å². The van der Waals surface area contributed by atoms with Crippen LogP contribution in [0.3, 0.4) is 0 Å². The Morgan fingerprint density at radius 3 is 1.93 bits per heavy atom. The minimum absolute atomic E-state index is 0.0462. The van der Waals surface area contributed by atoms with E-state index >= 15 is 0 Å². The van der Waals surface area contributed by atoms with Gasteiger partial charge in [-0.3, -0.25) is 4.79 Å². The van der Waals surface area contributed by atoms with Crippen LogP contribution >= 0.6 is 0 Å². The van der Waals surface area contributed by atoms with Gasteiger partial charge in [-0.2, -0.15) is 0 Å². The van der Waals surface area contributed by atoms with Crippen molar-refractivity contribution in [1.82, 2.24) is 4.90 Å². The molecule has 2 fully saturated rings. The van der Waals surface area contributed by atoms with Crippen LogP contribution in [0.4, 0.5) is 0 Å². The summed E-state index contributed by atoms with van der Waals surface area (Å²) in [5.41, 5.74) is -0.0511. The number of sulfone groups is 1. The summed E-state index contributed by atoms with van der Waals surface area (Å²) in [6, 6.07) is 0. The normalized spacial score (nSPS) is 25.5. The van der Waals surface area contributed by atoms with Gasteiger partial charge in [0.25, 0.3) is 0 Å². The molecule has 4 nitrogen and oxygen atoms in total. The lowest BCUT2D eigenvalue weighted by Gasteiger charge is -2.54. The standard InChI is InChI=1S/C7H11NO3S.C2H6/c1-6(9)8-2-7(3-8)4-12(10,11)5-7;1-2/h2-5H2,1H3;1-2H3. The molecule has 5 heteroatoms. The molecule has 0 bridgehead atoms. The summed E-state index contributed by atoms with van der Waals surface area (Å²) in [5.74, 6) is 0.609. The van der Waals surface area contributed by atoms with Crippen molar-refractivity contribution >= 4 is 15.7 Å². The fourth-order valence-corrected chi connectivity index (χ4v) is 4.21. The van der Waals surface area contributed by atoms with E-state index in [0.29, 0.717) is 13.1 Å². The fourth-order valence-electron chi connectivity index (χ4n) is 2.06. The van der Waals surface area contributed by atoms with Crippen LogP contribution in [-0.4, -0.2) is 43.8 Å². The average Bonchev–Trinajstić information content (AvgIpc) is 1.98. The van der Waals surface area contributed by atoms with Gasteiger partial charge in [-0.1, -0.05) is 13.8 Å². The highest BCUT2D eigenvalue weighted by atomic mass is 32.2. The highest BCUT2D eigenvalue weighted by Gasteiger charge is 2.56. The second kappa shape index (κ2) is 3.53. The number of hydrogen-bond acceptors (Lipinski definition) is 3. The number of likely N-dealkylation sites (tertiary alicyclic amines) is 1. The molecule has 0 saturated carbocycles. The lowest BCUT2D eigenvalue weighted by molar-refractivity contribution is -0.139. The Morgan fingerprint density at radius 1 is 1.21 bits per heavy atom. The summed E-state index contributed by atoms with van der Waals surface area (Å²) < 4.78 is 21.7. The molecule has 0 N–H and O–H groups in total. The molecule has 0 aliphatic carbocycles. The van der Waals surface area contributed by atoms with E-state index < -0.39 is 9.84 Å². The molecule has 2 saturated heterocycles. The predicted molar refractivity (Wildman–Crippen MR) is 54.7 cm³/mol. The number of carbonyl (C=O) groups is 1. The van der Waals surface area contributed by atoms with Crippen molar-refractivity contribution in [3.63, 3.8) is 0 Å². The maximum Gasteiger partial charge on any atom is 0.219 e. The molecule has 1 amide bonds. The predicted octanol–water partition coefficient (Wildman–Crippen LogP) is 0.290. The van der Waals surface area contributed by atoms with Crippen molar-refractivity contribution in [2.45, 2.75) is 20.8 Å². The van der Waals surface area contributed by atoms with Crippen molar-refractivity contribution in [1.29, 1.82) is 0 Å². The molecule has 14 heavy (non-hydrogen) atoms. The Labute approximate surface area is 85.2 Å². The quantitative estimate of drug-likeness (QED) is 0.588. The van der Waals surface area contributed by atoms with E-state index in [4.69, 9.17) is 0 Å². The van der Waals surface area contributed by atoms with Crippen LogP contribution in [-0.2, 0) is 14.6 Å². The first-order valence-electron chi connectivity index (χ1n) is 4.89. The first kappa shape index (κ1) is 11.5. The van der Waals surface area contributed by atoms with Crippen LogP contribution in [0.5, 0.6) is 0 Å². The summed E-state index contributed by atoms with van der Waals surface area (Å²) >= 11 is 0. The summed E-state index contributed by atoms with van der Waals surface area (Å²) in [7, 11) is -2.74. The molecular formula is C9H17NO3S. The van der Waals surface area contributed by atoms with Gasteiger partial charge in [-0.25, -0.2) is 8.42 Å². The molecule has 0 radical (unpaired) electrons. The maximum absolute atomic E-state index is 10.9. The first-order valence-corrected chi connectivity index (χ1v) is 6.71.